The Balaban J connectivity index is 1.51. The van der Waals surface area contributed by atoms with Gasteiger partial charge in [-0.05, 0) is 73.1 Å². The summed E-state index contributed by atoms with van der Waals surface area (Å²) in [5.41, 5.74) is 3.47. The van der Waals surface area contributed by atoms with Gasteiger partial charge in [0.2, 0.25) is 0 Å². The van der Waals surface area contributed by atoms with Crippen LogP contribution in [0.3, 0.4) is 0 Å². The van der Waals surface area contributed by atoms with E-state index in [2.05, 4.69) is 22.4 Å². The zero-order valence-electron chi connectivity index (χ0n) is 22.0. The van der Waals surface area contributed by atoms with Crippen LogP contribution in [-0.2, 0) is 19.5 Å². The first-order valence-corrected chi connectivity index (χ1v) is 13.0. The third-order valence-electron chi connectivity index (χ3n) is 6.21. The molecule has 0 atom stereocenters. The van der Waals surface area contributed by atoms with Gasteiger partial charge in [-0.3, -0.25) is 4.79 Å². The molecular weight excluding hydrogens is 498 g/mol. The van der Waals surface area contributed by atoms with E-state index >= 15 is 0 Å². The van der Waals surface area contributed by atoms with Gasteiger partial charge >= 0.3 is 0 Å². The minimum atomic E-state index is -0.132. The lowest BCUT2D eigenvalue weighted by Gasteiger charge is -2.26. The third kappa shape index (κ3) is 6.83. The lowest BCUT2D eigenvalue weighted by atomic mass is 10.1. The second-order valence-corrected chi connectivity index (χ2v) is 9.21. The highest BCUT2D eigenvalue weighted by Crippen LogP contribution is 2.27. The fraction of sp³-hybridized carbons (Fsp3) is 0.267. The Morgan fingerprint density at radius 3 is 2.45 bits per heavy atom. The Hall–Kier alpha value is -4.04. The van der Waals surface area contributed by atoms with Gasteiger partial charge in [-0.1, -0.05) is 36.4 Å². The van der Waals surface area contributed by atoms with Crippen molar-refractivity contribution < 1.29 is 14.2 Å². The number of fused-ring (bicyclic) bond motifs is 1. The van der Waals surface area contributed by atoms with E-state index in [-0.39, 0.29) is 5.56 Å². The molecule has 198 valence electrons. The van der Waals surface area contributed by atoms with Gasteiger partial charge in [-0.15, -0.1) is 0 Å². The molecule has 4 aromatic rings. The maximum absolute atomic E-state index is 13.0. The fourth-order valence-corrected chi connectivity index (χ4v) is 4.51. The summed E-state index contributed by atoms with van der Waals surface area (Å²) in [5, 5.41) is 4.87. The standard InChI is InChI=1S/C30H33N3O4S/c1-4-37-25-11-12-26-23(18-25)17-24(29(34)32-26)20-33(19-22-8-6-5-7-9-22)30(38)31-15-14-21-10-13-27(35-2)28(16-21)36-3/h5-13,16-18H,4,14-15,19-20H2,1-3H3,(H,31,38)(H,32,34). The first-order chi connectivity index (χ1) is 18.5. The lowest BCUT2D eigenvalue weighted by Crippen LogP contribution is -2.40. The van der Waals surface area contributed by atoms with Crippen LogP contribution in [0.1, 0.15) is 23.6 Å². The van der Waals surface area contributed by atoms with E-state index in [4.69, 9.17) is 26.4 Å². The molecule has 4 rings (SSSR count). The molecule has 0 amide bonds. The number of methoxy groups -OCH3 is 2. The van der Waals surface area contributed by atoms with Crippen LogP contribution in [-0.4, -0.2) is 42.4 Å². The van der Waals surface area contributed by atoms with E-state index in [0.29, 0.717) is 48.4 Å². The van der Waals surface area contributed by atoms with Crippen LogP contribution < -0.4 is 25.1 Å². The van der Waals surface area contributed by atoms with E-state index in [1.807, 2.05) is 72.5 Å². The van der Waals surface area contributed by atoms with Crippen molar-refractivity contribution in [1.29, 1.82) is 0 Å². The second-order valence-electron chi connectivity index (χ2n) is 8.82. The van der Waals surface area contributed by atoms with E-state index in [9.17, 15) is 4.79 Å². The third-order valence-corrected chi connectivity index (χ3v) is 6.61. The Bertz CT molecular complexity index is 1440. The number of pyridine rings is 1. The molecule has 3 aromatic carbocycles. The summed E-state index contributed by atoms with van der Waals surface area (Å²) < 4.78 is 16.4. The zero-order valence-corrected chi connectivity index (χ0v) is 22.8. The molecule has 8 heteroatoms. The van der Waals surface area contributed by atoms with Crippen LogP contribution in [0, 0.1) is 0 Å². The van der Waals surface area contributed by atoms with Crippen molar-refractivity contribution in [3.8, 4) is 17.2 Å². The van der Waals surface area contributed by atoms with Crippen LogP contribution in [0.25, 0.3) is 10.9 Å². The van der Waals surface area contributed by atoms with Crippen molar-refractivity contribution in [3.05, 3.63) is 99.8 Å². The molecule has 7 nitrogen and oxygen atoms in total. The Kier molecular flexibility index (Phi) is 9.21. The van der Waals surface area contributed by atoms with Gasteiger partial charge in [0.25, 0.3) is 5.56 Å². The van der Waals surface area contributed by atoms with Gasteiger partial charge in [-0.2, -0.15) is 0 Å². The smallest absolute Gasteiger partial charge is 0.253 e. The molecule has 0 unspecified atom stereocenters. The predicted molar refractivity (Wildman–Crippen MR) is 155 cm³/mol. The van der Waals surface area contributed by atoms with Crippen molar-refractivity contribution >= 4 is 28.2 Å². The van der Waals surface area contributed by atoms with E-state index in [1.165, 1.54) is 0 Å². The maximum atomic E-state index is 13.0. The van der Waals surface area contributed by atoms with Crippen LogP contribution in [0.15, 0.2) is 77.6 Å². The number of ether oxygens (including phenoxy) is 3. The van der Waals surface area contributed by atoms with Gasteiger partial charge in [0.05, 0.1) is 27.4 Å². The molecule has 0 saturated heterocycles. The molecule has 2 N–H and O–H groups in total. The first-order valence-electron chi connectivity index (χ1n) is 12.6. The Morgan fingerprint density at radius 2 is 1.71 bits per heavy atom. The van der Waals surface area contributed by atoms with Crippen LogP contribution in [0.2, 0.25) is 0 Å². The van der Waals surface area contributed by atoms with Crippen LogP contribution in [0.5, 0.6) is 17.2 Å². The average molecular weight is 532 g/mol. The fourth-order valence-electron chi connectivity index (χ4n) is 4.27. The molecular formula is C30H33N3O4S. The SMILES string of the molecule is CCOc1ccc2[nH]c(=O)c(CN(Cc3ccccc3)C(=S)NCCc3ccc(OC)c(OC)c3)cc2c1. The number of thiocarbonyl (C=S) groups is 1. The Labute approximate surface area is 228 Å². The average Bonchev–Trinajstić information content (AvgIpc) is 2.93. The number of hydrogen-bond acceptors (Lipinski definition) is 5. The number of aromatic nitrogens is 1. The number of aromatic amines is 1. The molecule has 0 aliphatic rings. The molecule has 0 saturated carbocycles. The van der Waals surface area contributed by atoms with Crippen LogP contribution >= 0.6 is 12.2 Å². The maximum Gasteiger partial charge on any atom is 0.253 e. The molecule has 0 aliphatic carbocycles. The highest BCUT2D eigenvalue weighted by molar-refractivity contribution is 7.80. The van der Waals surface area contributed by atoms with Gasteiger partial charge in [-0.25, -0.2) is 0 Å². The summed E-state index contributed by atoms with van der Waals surface area (Å²) in [6, 6.07) is 23.6. The molecule has 0 radical (unpaired) electrons. The first kappa shape index (κ1) is 27.0. The molecule has 0 bridgehead atoms. The Morgan fingerprint density at radius 1 is 0.921 bits per heavy atom. The monoisotopic (exact) mass is 531 g/mol. The molecule has 1 heterocycles. The minimum Gasteiger partial charge on any atom is -0.494 e. The summed E-state index contributed by atoms with van der Waals surface area (Å²) in [4.78, 5) is 18.0. The van der Waals surface area contributed by atoms with E-state index < -0.39 is 0 Å². The quantitative estimate of drug-likeness (QED) is 0.262. The highest BCUT2D eigenvalue weighted by atomic mass is 32.1. The lowest BCUT2D eigenvalue weighted by molar-refractivity contribution is 0.340. The van der Waals surface area contributed by atoms with Crippen molar-refractivity contribution in [2.45, 2.75) is 26.4 Å². The highest BCUT2D eigenvalue weighted by Gasteiger charge is 2.15. The van der Waals surface area contributed by atoms with Gasteiger partial charge < -0.3 is 29.4 Å². The molecule has 0 fully saturated rings. The number of H-pyrrole nitrogens is 1. The summed E-state index contributed by atoms with van der Waals surface area (Å²) in [6.45, 7) is 4.09. The zero-order chi connectivity index (χ0) is 26.9. The predicted octanol–water partition coefficient (Wildman–Crippen LogP) is 5.06. The van der Waals surface area contributed by atoms with Gasteiger partial charge in [0.15, 0.2) is 16.6 Å². The molecule has 38 heavy (non-hydrogen) atoms. The summed E-state index contributed by atoms with van der Waals surface area (Å²) in [6.07, 6.45) is 0.746. The van der Waals surface area contributed by atoms with E-state index in [0.717, 1.165) is 34.2 Å². The molecule has 1 aromatic heterocycles. The molecule has 0 aliphatic heterocycles. The second kappa shape index (κ2) is 13.0. The van der Waals surface area contributed by atoms with Crippen molar-refractivity contribution in [2.24, 2.45) is 0 Å². The topological polar surface area (TPSA) is 75.8 Å². The van der Waals surface area contributed by atoms with Crippen molar-refractivity contribution in [2.75, 3.05) is 27.4 Å². The number of rotatable bonds is 11. The van der Waals surface area contributed by atoms with E-state index in [1.54, 1.807) is 14.2 Å². The largest absolute Gasteiger partial charge is 0.494 e. The number of hydrogen-bond donors (Lipinski definition) is 2. The number of nitrogens with one attached hydrogen (secondary N) is 2. The number of benzene rings is 3. The van der Waals surface area contributed by atoms with Crippen molar-refractivity contribution in [3.63, 3.8) is 0 Å². The number of nitrogens with zero attached hydrogens (tertiary/aromatic N) is 1. The molecule has 0 spiro atoms. The van der Waals surface area contributed by atoms with Crippen molar-refractivity contribution in [1.82, 2.24) is 15.2 Å². The van der Waals surface area contributed by atoms with Gasteiger partial charge in [0.1, 0.15) is 5.75 Å². The van der Waals surface area contributed by atoms with Gasteiger partial charge in [0, 0.05) is 29.6 Å². The minimum absolute atomic E-state index is 0.132. The summed E-state index contributed by atoms with van der Waals surface area (Å²) in [5.74, 6) is 2.16. The van der Waals surface area contributed by atoms with Crippen LogP contribution in [0.4, 0.5) is 0 Å². The summed E-state index contributed by atoms with van der Waals surface area (Å²) in [7, 11) is 3.25. The normalized spacial score (nSPS) is 10.7. The summed E-state index contributed by atoms with van der Waals surface area (Å²) >= 11 is 5.81.